The number of hydrogen-bond acceptors (Lipinski definition) is 15. The van der Waals surface area contributed by atoms with E-state index in [-0.39, 0.29) is 31.4 Å². The summed E-state index contributed by atoms with van der Waals surface area (Å²) in [5, 5.41) is 61.4. The van der Waals surface area contributed by atoms with Crippen molar-refractivity contribution in [2.24, 2.45) is 28.8 Å². The van der Waals surface area contributed by atoms with Crippen molar-refractivity contribution < 1.29 is 58.7 Å². The van der Waals surface area contributed by atoms with Gasteiger partial charge in [-0.05, 0) is 80.8 Å². The predicted molar refractivity (Wildman–Crippen MR) is 191 cm³/mol. The lowest BCUT2D eigenvalue weighted by Gasteiger charge is -2.49. The summed E-state index contributed by atoms with van der Waals surface area (Å²) in [6.07, 6.45) is -9.58. The largest absolute Gasteiger partial charge is 0.459 e. The number of carbonyl (C=O) groups is 1. The zero-order valence-corrected chi connectivity index (χ0v) is 33.5. The lowest BCUT2D eigenvalue weighted by atomic mass is 9.72. The second-order valence-electron chi connectivity index (χ2n) is 16.8. The Bertz CT molecular complexity index is 1170. The Morgan fingerprint density at radius 1 is 0.923 bits per heavy atom. The first-order valence-electron chi connectivity index (χ1n) is 18.8. The van der Waals surface area contributed by atoms with E-state index >= 15 is 0 Å². The number of esters is 1. The van der Waals surface area contributed by atoms with Crippen molar-refractivity contribution in [2.45, 2.75) is 185 Å². The van der Waals surface area contributed by atoms with Gasteiger partial charge in [0.05, 0.1) is 53.7 Å². The number of carbonyl (C=O) groups excluding carboxylic acids is 1. The summed E-state index contributed by atoms with van der Waals surface area (Å²) in [5.41, 5.74) is -4.80. The topological polar surface area (TPSA) is 206 Å². The van der Waals surface area contributed by atoms with Crippen LogP contribution < -0.4 is 0 Å². The molecule has 3 heterocycles. The third-order valence-electron chi connectivity index (χ3n) is 12.2. The molecule has 0 saturated carbocycles. The monoisotopic (exact) mass is 748 g/mol. The molecule has 1 unspecified atom stereocenters. The number of nitrogens with zero attached hydrogens (tertiary/aromatic N) is 2. The summed E-state index contributed by atoms with van der Waals surface area (Å²) in [4.78, 5) is 28.4. The maximum Gasteiger partial charge on any atom is 0.311 e. The Morgan fingerprint density at radius 3 is 2.08 bits per heavy atom. The smallest absolute Gasteiger partial charge is 0.311 e. The van der Waals surface area contributed by atoms with E-state index in [9.17, 15) is 35.2 Å². The zero-order valence-electron chi connectivity index (χ0n) is 33.5. The number of cyclic esters (lactones) is 1. The molecular weight excluding hydrogens is 680 g/mol. The van der Waals surface area contributed by atoms with Crippen LogP contribution in [-0.4, -0.2) is 148 Å². The van der Waals surface area contributed by atoms with Crippen molar-refractivity contribution in [2.75, 3.05) is 21.2 Å². The SMILES string of the molecule is CC[C@H]1OC(=O)[C@H](C)[C@@H](O[C@H]2C[C@@](C)(OC)[C@@H](O)[C@H](C)O2)[C@H](C)[C@@H](O[C@@H]2O[C@H](C)C[C@H](N(C)C)[C@H]2O)[C@@](C)(O)C[C@@H](C)C(N=O)[C@H](C)[C@@H](O)[C@]1(C)O. The minimum absolute atomic E-state index is 0.0687. The van der Waals surface area contributed by atoms with Gasteiger partial charge < -0.3 is 58.9 Å². The van der Waals surface area contributed by atoms with Crippen LogP contribution in [0.15, 0.2) is 5.18 Å². The Kier molecular flexibility index (Phi) is 15.3. The van der Waals surface area contributed by atoms with Gasteiger partial charge in [0.15, 0.2) is 12.6 Å². The minimum Gasteiger partial charge on any atom is -0.459 e. The van der Waals surface area contributed by atoms with E-state index in [1.165, 1.54) is 14.0 Å². The van der Waals surface area contributed by atoms with Gasteiger partial charge in [0.25, 0.3) is 0 Å². The molecule has 15 heteroatoms. The van der Waals surface area contributed by atoms with E-state index in [1.807, 2.05) is 25.9 Å². The summed E-state index contributed by atoms with van der Waals surface area (Å²) in [6, 6.07) is -1.40. The van der Waals surface area contributed by atoms with Crippen molar-refractivity contribution in [1.29, 1.82) is 0 Å². The Balaban J connectivity index is 2.21. The van der Waals surface area contributed by atoms with Crippen LogP contribution in [0.3, 0.4) is 0 Å². The van der Waals surface area contributed by atoms with Crippen molar-refractivity contribution >= 4 is 5.97 Å². The molecule has 0 aromatic rings. The number of aliphatic hydroxyl groups excluding tert-OH is 3. The first-order chi connectivity index (χ1) is 24.0. The summed E-state index contributed by atoms with van der Waals surface area (Å²) in [7, 11) is 5.18. The number of likely N-dealkylation sites (N-methyl/N-ethyl adjacent to an activating group) is 1. The summed E-state index contributed by atoms with van der Waals surface area (Å²) in [5.74, 6) is -4.21. The third kappa shape index (κ3) is 9.52. The second-order valence-corrected chi connectivity index (χ2v) is 16.8. The number of ether oxygens (including phenoxy) is 6. The molecule has 0 radical (unpaired) electrons. The van der Waals surface area contributed by atoms with Crippen molar-refractivity contribution in [1.82, 2.24) is 4.90 Å². The summed E-state index contributed by atoms with van der Waals surface area (Å²) >= 11 is 0. The van der Waals surface area contributed by atoms with Gasteiger partial charge in [-0.3, -0.25) is 4.79 Å². The maximum atomic E-state index is 14.1. The highest BCUT2D eigenvalue weighted by Crippen LogP contribution is 2.41. The zero-order chi connectivity index (χ0) is 39.7. The molecule has 5 N–H and O–H groups in total. The van der Waals surface area contributed by atoms with E-state index in [2.05, 4.69) is 5.18 Å². The number of methoxy groups -OCH3 is 1. The van der Waals surface area contributed by atoms with Crippen LogP contribution in [0.4, 0.5) is 0 Å². The molecule has 0 bridgehead atoms. The highest BCUT2D eigenvalue weighted by Gasteiger charge is 2.54. The molecule has 15 nitrogen and oxygen atoms in total. The van der Waals surface area contributed by atoms with E-state index in [4.69, 9.17) is 28.4 Å². The summed E-state index contributed by atoms with van der Waals surface area (Å²) < 4.78 is 37.2. The molecule has 0 aromatic carbocycles. The van der Waals surface area contributed by atoms with Crippen molar-refractivity contribution in [3.8, 4) is 0 Å². The molecule has 0 spiro atoms. The van der Waals surface area contributed by atoms with Crippen LogP contribution in [0, 0.1) is 28.6 Å². The molecule has 52 heavy (non-hydrogen) atoms. The van der Waals surface area contributed by atoms with Gasteiger partial charge in [-0.15, -0.1) is 0 Å². The fraction of sp³-hybridized carbons (Fsp3) is 0.973. The first-order valence-corrected chi connectivity index (χ1v) is 18.8. The Hall–Kier alpha value is -1.37. The van der Waals surface area contributed by atoms with Crippen LogP contribution in [0.5, 0.6) is 0 Å². The van der Waals surface area contributed by atoms with Gasteiger partial charge in [-0.2, -0.15) is 4.91 Å². The molecule has 0 amide bonds. The van der Waals surface area contributed by atoms with Gasteiger partial charge in [-0.1, -0.05) is 32.9 Å². The second kappa shape index (κ2) is 17.6. The highest BCUT2D eigenvalue weighted by molar-refractivity contribution is 5.73. The number of aliphatic hydroxyl groups is 5. The molecule has 3 fully saturated rings. The van der Waals surface area contributed by atoms with Crippen molar-refractivity contribution in [3.63, 3.8) is 0 Å². The molecule has 19 atom stereocenters. The minimum atomic E-state index is -1.97. The molecule has 0 aliphatic carbocycles. The first kappa shape index (κ1) is 45.0. The maximum absolute atomic E-state index is 14.1. The van der Waals surface area contributed by atoms with Gasteiger partial charge in [0, 0.05) is 31.4 Å². The molecule has 3 aliphatic rings. The van der Waals surface area contributed by atoms with E-state index in [0.29, 0.717) is 6.42 Å². The molecule has 3 aliphatic heterocycles. The lowest BCUT2D eigenvalue weighted by Crippen LogP contribution is -2.61. The van der Waals surface area contributed by atoms with Gasteiger partial charge in [-0.25, -0.2) is 0 Å². The average molecular weight is 749 g/mol. The molecular formula is C37H68N2O13. The number of nitroso groups, excluding NO2 is 1. The van der Waals surface area contributed by atoms with Crippen LogP contribution in [0.25, 0.3) is 0 Å². The lowest BCUT2D eigenvalue weighted by molar-refractivity contribution is -0.318. The molecule has 3 saturated heterocycles. The van der Waals surface area contributed by atoms with E-state index < -0.39 is 108 Å². The van der Waals surface area contributed by atoms with Crippen LogP contribution in [0.1, 0.15) is 94.9 Å². The fourth-order valence-corrected chi connectivity index (χ4v) is 8.79. The van der Waals surface area contributed by atoms with Crippen LogP contribution in [-0.2, 0) is 33.2 Å². The third-order valence-corrected chi connectivity index (χ3v) is 12.2. The van der Waals surface area contributed by atoms with Crippen LogP contribution in [0.2, 0.25) is 0 Å². The molecule has 304 valence electrons. The fourth-order valence-electron chi connectivity index (χ4n) is 8.79. The van der Waals surface area contributed by atoms with Gasteiger partial charge >= 0.3 is 5.97 Å². The van der Waals surface area contributed by atoms with Crippen LogP contribution >= 0.6 is 0 Å². The van der Waals surface area contributed by atoms with Crippen molar-refractivity contribution in [3.05, 3.63) is 4.91 Å². The number of hydrogen-bond donors (Lipinski definition) is 5. The quantitative estimate of drug-likeness (QED) is 0.179. The molecule has 3 rings (SSSR count). The number of rotatable bonds is 8. The highest BCUT2D eigenvalue weighted by atomic mass is 16.7. The Morgan fingerprint density at radius 2 is 1.54 bits per heavy atom. The standard InChI is InChI=1S/C37H68N2O13/c1-14-25-37(10,45)30(41)20(4)27(38-46)18(2)16-35(8,44)32(52-34-28(40)24(39(11)12)15-19(3)48-34)21(5)29(22(6)33(43)50-25)51-26-17-36(9,47-13)31(42)23(7)49-26/h18-32,34,40-42,44-45H,14-17H2,1-13H3/t18-,19-,20+,21+,22-,23+,24+,25-,26+,27?,28-,29+,30-,31+,32-,34+,35+,36-,37-/m1/s1. The normalized spacial score (nSPS) is 50.3. The van der Waals surface area contributed by atoms with Gasteiger partial charge in [0.1, 0.15) is 23.9 Å². The Labute approximate surface area is 309 Å². The predicted octanol–water partition coefficient (Wildman–Crippen LogP) is 2.35. The summed E-state index contributed by atoms with van der Waals surface area (Å²) in [6.45, 7) is 16.6. The average Bonchev–Trinajstić information content (AvgIpc) is 3.06. The van der Waals surface area contributed by atoms with Gasteiger partial charge in [0.2, 0.25) is 0 Å². The van der Waals surface area contributed by atoms with E-state index in [1.54, 1.807) is 55.4 Å². The van der Waals surface area contributed by atoms with E-state index in [0.717, 1.165) is 0 Å². The molecule has 0 aromatic heterocycles.